The monoisotopic (exact) mass is 323 g/mol. The Hall–Kier alpha value is -1.36. The molecule has 1 atom stereocenters. The van der Waals surface area contributed by atoms with Gasteiger partial charge in [0.25, 0.3) is 5.91 Å². The molecule has 1 amide bonds. The molecular formula is C17H25NO3S. The van der Waals surface area contributed by atoms with Gasteiger partial charge in [0.1, 0.15) is 0 Å². The Morgan fingerprint density at radius 3 is 2.36 bits per heavy atom. The molecule has 0 saturated heterocycles. The van der Waals surface area contributed by atoms with E-state index in [2.05, 4.69) is 12.2 Å². The molecule has 1 aromatic rings. The molecule has 1 saturated carbocycles. The van der Waals surface area contributed by atoms with E-state index in [1.165, 1.54) is 25.5 Å². The maximum absolute atomic E-state index is 12.3. The highest BCUT2D eigenvalue weighted by Crippen LogP contribution is 2.31. The number of carbonyl (C=O) groups excluding carboxylic acids is 1. The number of carbonyl (C=O) groups is 1. The van der Waals surface area contributed by atoms with E-state index >= 15 is 0 Å². The highest BCUT2D eigenvalue weighted by atomic mass is 32.2. The van der Waals surface area contributed by atoms with Crippen molar-refractivity contribution in [1.29, 1.82) is 0 Å². The first-order valence-corrected chi connectivity index (χ1v) is 10.0. The van der Waals surface area contributed by atoms with Crippen molar-refractivity contribution in [3.05, 3.63) is 35.4 Å². The molecule has 0 heterocycles. The van der Waals surface area contributed by atoms with Crippen LogP contribution in [0.15, 0.2) is 24.3 Å². The van der Waals surface area contributed by atoms with Crippen molar-refractivity contribution in [2.24, 2.45) is 5.92 Å². The molecule has 122 valence electrons. The Kier molecular flexibility index (Phi) is 5.62. The van der Waals surface area contributed by atoms with Crippen LogP contribution in [0.2, 0.25) is 0 Å². The van der Waals surface area contributed by atoms with Crippen LogP contribution in [0.1, 0.15) is 54.9 Å². The molecule has 1 fully saturated rings. The van der Waals surface area contributed by atoms with Crippen LogP contribution < -0.4 is 5.32 Å². The number of amides is 1. The van der Waals surface area contributed by atoms with Crippen LogP contribution in [0.3, 0.4) is 0 Å². The van der Waals surface area contributed by atoms with E-state index in [-0.39, 0.29) is 17.7 Å². The molecule has 1 aliphatic carbocycles. The van der Waals surface area contributed by atoms with Gasteiger partial charge in [-0.2, -0.15) is 0 Å². The number of nitrogens with one attached hydrogen (secondary N) is 1. The van der Waals surface area contributed by atoms with Crippen LogP contribution >= 0.6 is 0 Å². The van der Waals surface area contributed by atoms with Gasteiger partial charge < -0.3 is 5.32 Å². The summed E-state index contributed by atoms with van der Waals surface area (Å²) in [6, 6.07) is 7.11. The van der Waals surface area contributed by atoms with E-state index in [4.69, 9.17) is 0 Å². The molecule has 0 spiro atoms. The standard InChI is InChI=1S/C17H25NO3S/c1-3-5-16(14-6-4-7-14)18-17(19)15-10-8-13(9-11-15)12-22(2,20)21/h8-11,14,16H,3-7,12H2,1-2H3,(H,18,19). The fourth-order valence-corrected chi connectivity index (χ4v) is 3.68. The smallest absolute Gasteiger partial charge is 0.251 e. The lowest BCUT2D eigenvalue weighted by Crippen LogP contribution is -2.42. The maximum Gasteiger partial charge on any atom is 0.251 e. The summed E-state index contributed by atoms with van der Waals surface area (Å²) < 4.78 is 22.5. The van der Waals surface area contributed by atoms with E-state index in [0.29, 0.717) is 17.0 Å². The SMILES string of the molecule is CCCC(NC(=O)c1ccc(CS(C)(=O)=O)cc1)C1CCC1. The molecule has 0 bridgehead atoms. The zero-order valence-electron chi connectivity index (χ0n) is 13.3. The summed E-state index contributed by atoms with van der Waals surface area (Å²) in [7, 11) is -3.04. The quantitative estimate of drug-likeness (QED) is 0.839. The van der Waals surface area contributed by atoms with Gasteiger partial charge in [-0.25, -0.2) is 8.42 Å². The summed E-state index contributed by atoms with van der Waals surface area (Å²) in [6.45, 7) is 2.14. The van der Waals surface area contributed by atoms with Gasteiger partial charge in [-0.1, -0.05) is 31.9 Å². The van der Waals surface area contributed by atoms with Gasteiger partial charge in [0, 0.05) is 17.9 Å². The predicted octanol–water partition coefficient (Wildman–Crippen LogP) is 2.93. The van der Waals surface area contributed by atoms with Gasteiger partial charge in [0.2, 0.25) is 0 Å². The molecule has 5 heteroatoms. The van der Waals surface area contributed by atoms with Gasteiger partial charge in [-0.05, 0) is 42.9 Å². The van der Waals surface area contributed by atoms with Crippen molar-refractivity contribution < 1.29 is 13.2 Å². The second kappa shape index (κ2) is 7.27. The van der Waals surface area contributed by atoms with E-state index in [1.807, 2.05) is 0 Å². The minimum Gasteiger partial charge on any atom is -0.349 e. The average molecular weight is 323 g/mol. The lowest BCUT2D eigenvalue weighted by atomic mass is 9.78. The first-order valence-electron chi connectivity index (χ1n) is 7.96. The summed E-state index contributed by atoms with van der Waals surface area (Å²) in [5, 5.41) is 3.15. The van der Waals surface area contributed by atoms with Gasteiger partial charge in [0.15, 0.2) is 9.84 Å². The zero-order chi connectivity index (χ0) is 16.2. The minimum atomic E-state index is -3.04. The van der Waals surface area contributed by atoms with Crippen LogP contribution in [-0.4, -0.2) is 26.6 Å². The van der Waals surface area contributed by atoms with Gasteiger partial charge in [-0.15, -0.1) is 0 Å². The molecule has 0 radical (unpaired) electrons. The normalized spacial score (nSPS) is 16.8. The fourth-order valence-electron chi connectivity index (χ4n) is 2.89. The summed E-state index contributed by atoms with van der Waals surface area (Å²) >= 11 is 0. The van der Waals surface area contributed by atoms with Crippen molar-refractivity contribution in [1.82, 2.24) is 5.32 Å². The molecule has 1 aromatic carbocycles. The summed E-state index contributed by atoms with van der Waals surface area (Å²) in [4.78, 5) is 12.3. The van der Waals surface area contributed by atoms with Crippen molar-refractivity contribution >= 4 is 15.7 Å². The van der Waals surface area contributed by atoms with E-state index in [9.17, 15) is 13.2 Å². The highest BCUT2D eigenvalue weighted by Gasteiger charge is 2.27. The zero-order valence-corrected chi connectivity index (χ0v) is 14.2. The first kappa shape index (κ1) is 17.0. The van der Waals surface area contributed by atoms with Gasteiger partial charge in [0.05, 0.1) is 5.75 Å². The van der Waals surface area contributed by atoms with Crippen LogP contribution in [0, 0.1) is 5.92 Å². The number of rotatable bonds is 7. The second-order valence-corrected chi connectivity index (χ2v) is 8.47. The highest BCUT2D eigenvalue weighted by molar-refractivity contribution is 7.89. The van der Waals surface area contributed by atoms with Gasteiger partial charge >= 0.3 is 0 Å². The lowest BCUT2D eigenvalue weighted by molar-refractivity contribution is 0.0896. The first-order chi connectivity index (χ1) is 10.4. The third-order valence-electron chi connectivity index (χ3n) is 4.28. The Morgan fingerprint density at radius 1 is 1.27 bits per heavy atom. The van der Waals surface area contributed by atoms with Crippen molar-refractivity contribution in [3.8, 4) is 0 Å². The van der Waals surface area contributed by atoms with Crippen LogP contribution in [0.25, 0.3) is 0 Å². The molecule has 2 rings (SSSR count). The molecule has 22 heavy (non-hydrogen) atoms. The summed E-state index contributed by atoms with van der Waals surface area (Å²) in [5.74, 6) is 0.569. The van der Waals surface area contributed by atoms with Gasteiger partial charge in [-0.3, -0.25) is 4.79 Å². The van der Waals surface area contributed by atoms with E-state index in [1.54, 1.807) is 24.3 Å². The number of sulfone groups is 1. The molecule has 4 nitrogen and oxygen atoms in total. The predicted molar refractivity (Wildman–Crippen MR) is 88.5 cm³/mol. The largest absolute Gasteiger partial charge is 0.349 e. The molecule has 1 aliphatic rings. The van der Waals surface area contributed by atoms with Crippen LogP contribution in [-0.2, 0) is 15.6 Å². The fraction of sp³-hybridized carbons (Fsp3) is 0.588. The second-order valence-electron chi connectivity index (χ2n) is 6.33. The summed E-state index contributed by atoms with van der Waals surface area (Å²) in [5.41, 5.74) is 1.31. The lowest BCUT2D eigenvalue weighted by Gasteiger charge is -2.34. The third-order valence-corrected chi connectivity index (χ3v) is 5.14. The van der Waals surface area contributed by atoms with Crippen LogP contribution in [0.5, 0.6) is 0 Å². The van der Waals surface area contributed by atoms with E-state index in [0.717, 1.165) is 12.8 Å². The Bertz CT molecular complexity index is 603. The summed E-state index contributed by atoms with van der Waals surface area (Å²) in [6.07, 6.45) is 6.97. The maximum atomic E-state index is 12.3. The molecule has 0 aliphatic heterocycles. The number of benzene rings is 1. The molecule has 0 aromatic heterocycles. The molecule has 1 unspecified atom stereocenters. The average Bonchev–Trinajstić information content (AvgIpc) is 2.35. The Labute approximate surface area is 133 Å². The van der Waals surface area contributed by atoms with Crippen molar-refractivity contribution in [2.45, 2.75) is 50.8 Å². The van der Waals surface area contributed by atoms with Crippen LogP contribution in [0.4, 0.5) is 0 Å². The Morgan fingerprint density at radius 2 is 1.91 bits per heavy atom. The van der Waals surface area contributed by atoms with Crippen molar-refractivity contribution in [3.63, 3.8) is 0 Å². The van der Waals surface area contributed by atoms with E-state index < -0.39 is 9.84 Å². The number of hydrogen-bond acceptors (Lipinski definition) is 3. The molecular weight excluding hydrogens is 298 g/mol. The topological polar surface area (TPSA) is 63.2 Å². The third kappa shape index (κ3) is 4.83. The number of hydrogen-bond donors (Lipinski definition) is 1. The minimum absolute atomic E-state index is 0.00936. The molecule has 1 N–H and O–H groups in total. The van der Waals surface area contributed by atoms with Crippen molar-refractivity contribution in [2.75, 3.05) is 6.26 Å². The Balaban J connectivity index is 1.99.